The van der Waals surface area contributed by atoms with Crippen LogP contribution < -0.4 is 16.4 Å². The summed E-state index contributed by atoms with van der Waals surface area (Å²) in [5, 5.41) is 16.8. The van der Waals surface area contributed by atoms with E-state index in [0.29, 0.717) is 31.4 Å². The number of nitrogens with zero attached hydrogens (tertiary/aromatic N) is 2. The number of non-ortho nitro benzene ring substituents is 1. The lowest BCUT2D eigenvalue weighted by Crippen LogP contribution is -2.32. The number of halogens is 1. The standard InChI is InChI=1S/C16H22N4O5.ClH/c1-2-7-17-8-9-18-15(21)4-3-10-19-13-6-5-12(20(23)24)11-14(13)25-16(19)22;/h5-6,11,17H,2-4,7-10H2,1H3,(H,18,21);1H. The summed E-state index contributed by atoms with van der Waals surface area (Å²) in [6.07, 6.45) is 1.81. The molecule has 1 amide bonds. The number of carbonyl (C=O) groups excluding carboxylic acids is 1. The highest BCUT2D eigenvalue weighted by atomic mass is 35.5. The Morgan fingerprint density at radius 2 is 2.08 bits per heavy atom. The Kier molecular flexibility index (Phi) is 8.80. The minimum Gasteiger partial charge on any atom is -0.407 e. The Labute approximate surface area is 156 Å². The molecule has 1 aromatic heterocycles. The maximum atomic E-state index is 11.9. The zero-order valence-corrected chi connectivity index (χ0v) is 15.3. The molecule has 9 nitrogen and oxygen atoms in total. The van der Waals surface area contributed by atoms with Crippen molar-refractivity contribution in [2.75, 3.05) is 19.6 Å². The van der Waals surface area contributed by atoms with Gasteiger partial charge < -0.3 is 15.1 Å². The first-order valence-corrected chi connectivity index (χ1v) is 8.28. The molecule has 0 bridgehead atoms. The van der Waals surface area contributed by atoms with Gasteiger partial charge in [-0.15, -0.1) is 12.4 Å². The van der Waals surface area contributed by atoms with E-state index >= 15 is 0 Å². The van der Waals surface area contributed by atoms with E-state index in [2.05, 4.69) is 17.6 Å². The molecule has 0 spiro atoms. The van der Waals surface area contributed by atoms with E-state index in [1.54, 1.807) is 0 Å². The van der Waals surface area contributed by atoms with Crippen LogP contribution in [-0.4, -0.2) is 35.0 Å². The Morgan fingerprint density at radius 3 is 2.77 bits per heavy atom. The molecule has 2 N–H and O–H groups in total. The van der Waals surface area contributed by atoms with Crippen molar-refractivity contribution in [2.45, 2.75) is 32.7 Å². The highest BCUT2D eigenvalue weighted by Gasteiger charge is 2.14. The van der Waals surface area contributed by atoms with Gasteiger partial charge in [0.2, 0.25) is 5.91 Å². The minimum absolute atomic E-state index is 0. The maximum absolute atomic E-state index is 11.9. The fourth-order valence-electron chi connectivity index (χ4n) is 2.46. The van der Waals surface area contributed by atoms with Gasteiger partial charge in [0.15, 0.2) is 5.58 Å². The van der Waals surface area contributed by atoms with Crippen LogP contribution in [-0.2, 0) is 11.3 Å². The molecule has 144 valence electrons. The molecule has 1 aromatic carbocycles. The van der Waals surface area contributed by atoms with Crippen LogP contribution in [0.5, 0.6) is 0 Å². The van der Waals surface area contributed by atoms with Gasteiger partial charge in [0, 0.05) is 32.1 Å². The zero-order chi connectivity index (χ0) is 18.2. The van der Waals surface area contributed by atoms with E-state index in [9.17, 15) is 19.7 Å². The van der Waals surface area contributed by atoms with Gasteiger partial charge in [0.05, 0.1) is 16.5 Å². The quantitative estimate of drug-likeness (QED) is 0.365. The topological polar surface area (TPSA) is 119 Å². The fourth-order valence-corrected chi connectivity index (χ4v) is 2.46. The molecule has 0 saturated heterocycles. The lowest BCUT2D eigenvalue weighted by Gasteiger charge is -2.06. The second-order valence-corrected chi connectivity index (χ2v) is 5.63. The number of nitrogens with one attached hydrogen (secondary N) is 2. The Hall–Kier alpha value is -2.39. The number of hydrogen-bond acceptors (Lipinski definition) is 6. The molecule has 0 fully saturated rings. The van der Waals surface area contributed by atoms with E-state index < -0.39 is 10.7 Å². The minimum atomic E-state index is -0.584. The van der Waals surface area contributed by atoms with Gasteiger partial charge in [-0.3, -0.25) is 19.5 Å². The molecule has 0 atom stereocenters. The number of aryl methyl sites for hydroxylation is 1. The molecule has 0 unspecified atom stereocenters. The third kappa shape index (κ3) is 5.85. The van der Waals surface area contributed by atoms with Crippen LogP contribution in [0.4, 0.5) is 5.69 Å². The summed E-state index contributed by atoms with van der Waals surface area (Å²) in [6, 6.07) is 4.03. The molecule has 0 radical (unpaired) electrons. The number of carbonyl (C=O) groups is 1. The van der Waals surface area contributed by atoms with Crippen molar-refractivity contribution in [1.29, 1.82) is 0 Å². The summed E-state index contributed by atoms with van der Waals surface area (Å²) in [4.78, 5) is 33.8. The molecule has 2 aromatic rings. The highest BCUT2D eigenvalue weighted by molar-refractivity contribution is 5.85. The number of nitro groups is 1. The van der Waals surface area contributed by atoms with Crippen molar-refractivity contribution in [3.05, 3.63) is 38.9 Å². The molecule has 0 saturated carbocycles. The van der Waals surface area contributed by atoms with Crippen LogP contribution >= 0.6 is 12.4 Å². The molecular weight excluding hydrogens is 364 g/mol. The van der Waals surface area contributed by atoms with E-state index in [0.717, 1.165) is 19.5 Å². The van der Waals surface area contributed by atoms with Crippen LogP contribution in [0.1, 0.15) is 26.2 Å². The number of fused-ring (bicyclic) bond motifs is 1. The SMILES string of the molecule is CCCNCCNC(=O)CCCn1c(=O)oc2cc([N+](=O)[O-])ccc21.Cl. The van der Waals surface area contributed by atoms with Gasteiger partial charge in [-0.1, -0.05) is 6.92 Å². The van der Waals surface area contributed by atoms with Crippen LogP contribution in [0.25, 0.3) is 11.1 Å². The van der Waals surface area contributed by atoms with Gasteiger partial charge >= 0.3 is 5.76 Å². The van der Waals surface area contributed by atoms with E-state index in [1.165, 1.54) is 22.8 Å². The Bertz CT molecular complexity index is 802. The normalized spacial score (nSPS) is 10.5. The summed E-state index contributed by atoms with van der Waals surface area (Å²) in [5.74, 6) is -0.658. The van der Waals surface area contributed by atoms with Gasteiger partial charge in [-0.25, -0.2) is 4.79 Å². The van der Waals surface area contributed by atoms with Crippen LogP contribution in [0, 0.1) is 10.1 Å². The average molecular weight is 387 g/mol. The number of rotatable bonds is 10. The van der Waals surface area contributed by atoms with Crippen molar-refractivity contribution in [1.82, 2.24) is 15.2 Å². The first-order valence-electron chi connectivity index (χ1n) is 8.28. The predicted octanol–water partition coefficient (Wildman–Crippen LogP) is 1.82. The molecule has 10 heteroatoms. The third-order valence-electron chi connectivity index (χ3n) is 3.70. The van der Waals surface area contributed by atoms with Gasteiger partial charge in [0.1, 0.15) is 0 Å². The monoisotopic (exact) mass is 386 g/mol. The smallest absolute Gasteiger partial charge is 0.407 e. The Balaban J connectivity index is 0.00000338. The third-order valence-corrected chi connectivity index (χ3v) is 3.70. The first-order chi connectivity index (χ1) is 12.0. The molecule has 2 rings (SSSR count). The molecule has 1 heterocycles. The number of oxazole rings is 1. The summed E-state index contributed by atoms with van der Waals surface area (Å²) < 4.78 is 6.43. The summed E-state index contributed by atoms with van der Waals surface area (Å²) in [7, 11) is 0. The number of benzene rings is 1. The van der Waals surface area contributed by atoms with Gasteiger partial charge in [-0.2, -0.15) is 0 Å². The van der Waals surface area contributed by atoms with Crippen LogP contribution in [0.2, 0.25) is 0 Å². The predicted molar refractivity (Wildman–Crippen MR) is 99.8 cm³/mol. The fraction of sp³-hybridized carbons (Fsp3) is 0.500. The van der Waals surface area contributed by atoms with Crippen molar-refractivity contribution in [3.8, 4) is 0 Å². The van der Waals surface area contributed by atoms with Crippen LogP contribution in [0.15, 0.2) is 27.4 Å². The lowest BCUT2D eigenvalue weighted by atomic mass is 10.2. The van der Waals surface area contributed by atoms with Gasteiger partial charge in [0.25, 0.3) is 5.69 Å². The van der Waals surface area contributed by atoms with Crippen molar-refractivity contribution >= 4 is 35.1 Å². The van der Waals surface area contributed by atoms with E-state index in [4.69, 9.17) is 4.42 Å². The molecular formula is C16H23ClN4O5. The largest absolute Gasteiger partial charge is 0.419 e. The van der Waals surface area contributed by atoms with E-state index in [-0.39, 0.29) is 29.6 Å². The molecule has 0 aliphatic rings. The van der Waals surface area contributed by atoms with Crippen LogP contribution in [0.3, 0.4) is 0 Å². The van der Waals surface area contributed by atoms with Crippen molar-refractivity contribution in [2.24, 2.45) is 0 Å². The maximum Gasteiger partial charge on any atom is 0.419 e. The number of hydrogen-bond donors (Lipinski definition) is 2. The summed E-state index contributed by atoms with van der Waals surface area (Å²) in [6.45, 7) is 4.60. The highest BCUT2D eigenvalue weighted by Crippen LogP contribution is 2.20. The number of aromatic nitrogens is 1. The second kappa shape index (κ2) is 10.6. The second-order valence-electron chi connectivity index (χ2n) is 5.63. The Morgan fingerprint density at radius 1 is 1.31 bits per heavy atom. The number of nitro benzene ring substituents is 1. The van der Waals surface area contributed by atoms with E-state index in [1.807, 2.05) is 0 Å². The van der Waals surface area contributed by atoms with Crippen molar-refractivity contribution in [3.63, 3.8) is 0 Å². The average Bonchev–Trinajstić information content (AvgIpc) is 2.89. The number of amides is 1. The first kappa shape index (κ1) is 21.7. The summed E-state index contributed by atoms with van der Waals surface area (Å²) >= 11 is 0. The zero-order valence-electron chi connectivity index (χ0n) is 14.5. The lowest BCUT2D eigenvalue weighted by molar-refractivity contribution is -0.384. The summed E-state index contributed by atoms with van der Waals surface area (Å²) in [5.41, 5.74) is 0.523. The molecule has 0 aliphatic carbocycles. The van der Waals surface area contributed by atoms with Gasteiger partial charge in [-0.05, 0) is 25.5 Å². The molecule has 0 aliphatic heterocycles. The molecule has 26 heavy (non-hydrogen) atoms. The van der Waals surface area contributed by atoms with Crippen molar-refractivity contribution < 1.29 is 14.1 Å².